The molecule has 1 aliphatic rings. The highest BCUT2D eigenvalue weighted by atomic mass is 16.1. The molecule has 24 heavy (non-hydrogen) atoms. The van der Waals surface area contributed by atoms with Crippen molar-refractivity contribution < 1.29 is 4.79 Å². The fourth-order valence-electron chi connectivity index (χ4n) is 3.61. The van der Waals surface area contributed by atoms with Crippen LogP contribution in [-0.2, 0) is 10.8 Å². The maximum Gasteiger partial charge on any atom is 0.162 e. The third-order valence-electron chi connectivity index (χ3n) is 5.49. The molecule has 0 bridgehead atoms. The van der Waals surface area contributed by atoms with Crippen LogP contribution in [0.15, 0.2) is 18.2 Å². The van der Waals surface area contributed by atoms with Crippen molar-refractivity contribution in [2.45, 2.75) is 97.3 Å². The summed E-state index contributed by atoms with van der Waals surface area (Å²) >= 11 is 0. The molecule has 1 aromatic carbocycles. The van der Waals surface area contributed by atoms with E-state index in [9.17, 15) is 4.79 Å². The molecule has 1 heteroatoms. The minimum atomic E-state index is 0.0691. The van der Waals surface area contributed by atoms with Gasteiger partial charge < -0.3 is 0 Å². The number of rotatable bonds is 4. The Bertz CT molecular complexity index is 530. The number of carbonyl (C=O) groups excluding carboxylic acids is 1. The number of Topliss-reactive ketones (excluding diaryl/α,β-unsaturated/α-hetero) is 1. The van der Waals surface area contributed by atoms with Crippen molar-refractivity contribution in [3.05, 3.63) is 34.9 Å². The van der Waals surface area contributed by atoms with Gasteiger partial charge in [-0.1, -0.05) is 79.7 Å². The van der Waals surface area contributed by atoms with Crippen LogP contribution in [0.5, 0.6) is 0 Å². The average molecular weight is 329 g/mol. The van der Waals surface area contributed by atoms with Crippen molar-refractivity contribution in [1.29, 1.82) is 0 Å². The van der Waals surface area contributed by atoms with E-state index in [0.29, 0.717) is 12.2 Å². The highest BCUT2D eigenvalue weighted by Gasteiger charge is 2.23. The number of benzene rings is 1. The summed E-state index contributed by atoms with van der Waals surface area (Å²) in [6.07, 6.45) is 8.52. The summed E-state index contributed by atoms with van der Waals surface area (Å²) in [5, 5.41) is 0. The van der Waals surface area contributed by atoms with Crippen molar-refractivity contribution in [2.75, 3.05) is 0 Å². The fraction of sp³-hybridized carbons (Fsp3) is 0.696. The summed E-state index contributed by atoms with van der Waals surface area (Å²) in [5.41, 5.74) is 3.61. The van der Waals surface area contributed by atoms with Crippen molar-refractivity contribution in [3.63, 3.8) is 0 Å². The summed E-state index contributed by atoms with van der Waals surface area (Å²) in [5.74, 6) is 1.10. The van der Waals surface area contributed by atoms with Crippen LogP contribution in [0.2, 0.25) is 0 Å². The van der Waals surface area contributed by atoms with Crippen molar-refractivity contribution >= 4 is 5.78 Å². The molecule has 0 aromatic heterocycles. The first-order valence-electron chi connectivity index (χ1n) is 9.76. The molecule has 0 radical (unpaired) electrons. The Morgan fingerprint density at radius 2 is 1.38 bits per heavy atom. The molecule has 0 atom stereocenters. The predicted octanol–water partition coefficient (Wildman–Crippen LogP) is 6.82. The van der Waals surface area contributed by atoms with Gasteiger partial charge in [-0.2, -0.15) is 0 Å². The van der Waals surface area contributed by atoms with Gasteiger partial charge in [0.05, 0.1) is 0 Å². The van der Waals surface area contributed by atoms with Crippen LogP contribution in [0.3, 0.4) is 0 Å². The summed E-state index contributed by atoms with van der Waals surface area (Å²) < 4.78 is 0. The number of hydrogen-bond donors (Lipinski definition) is 0. The second-order valence-electron chi connectivity index (χ2n) is 9.76. The minimum absolute atomic E-state index is 0.0691. The average Bonchev–Trinajstić information content (AvgIpc) is 2.51. The highest BCUT2D eigenvalue weighted by Crippen LogP contribution is 2.32. The fourth-order valence-corrected chi connectivity index (χ4v) is 3.61. The SMILES string of the molecule is CC(C)(C)c1cc(C(=O)CCC2CCCCC2)cc(C(C)(C)C)c1. The number of carbonyl (C=O) groups is 1. The van der Waals surface area contributed by atoms with E-state index in [1.807, 2.05) is 0 Å². The topological polar surface area (TPSA) is 17.1 Å². The Balaban J connectivity index is 2.19. The summed E-state index contributed by atoms with van der Waals surface area (Å²) in [6.45, 7) is 13.4. The van der Waals surface area contributed by atoms with E-state index in [4.69, 9.17) is 0 Å². The van der Waals surface area contributed by atoms with Gasteiger partial charge in [0.2, 0.25) is 0 Å². The molecule has 0 N–H and O–H groups in total. The van der Waals surface area contributed by atoms with Crippen LogP contribution in [0, 0.1) is 5.92 Å². The van der Waals surface area contributed by atoms with E-state index in [2.05, 4.69) is 59.7 Å². The first-order chi connectivity index (χ1) is 11.1. The predicted molar refractivity (Wildman–Crippen MR) is 104 cm³/mol. The molecule has 1 nitrogen and oxygen atoms in total. The number of hydrogen-bond acceptors (Lipinski definition) is 1. The monoisotopic (exact) mass is 328 g/mol. The first kappa shape index (κ1) is 19.2. The summed E-state index contributed by atoms with van der Waals surface area (Å²) in [6, 6.07) is 6.56. The van der Waals surface area contributed by atoms with Gasteiger partial charge in [0.1, 0.15) is 0 Å². The van der Waals surface area contributed by atoms with Gasteiger partial charge in [0.15, 0.2) is 5.78 Å². The van der Waals surface area contributed by atoms with E-state index >= 15 is 0 Å². The Morgan fingerprint density at radius 3 is 1.83 bits per heavy atom. The molecule has 0 unspecified atom stereocenters. The maximum absolute atomic E-state index is 12.8. The second kappa shape index (κ2) is 7.42. The Kier molecular flexibility index (Phi) is 5.94. The lowest BCUT2D eigenvalue weighted by Gasteiger charge is -2.26. The highest BCUT2D eigenvalue weighted by molar-refractivity contribution is 5.96. The Labute approximate surface area is 149 Å². The lowest BCUT2D eigenvalue weighted by molar-refractivity contribution is 0.0970. The lowest BCUT2D eigenvalue weighted by Crippen LogP contribution is -2.18. The lowest BCUT2D eigenvalue weighted by atomic mass is 9.78. The zero-order chi connectivity index (χ0) is 18.0. The van der Waals surface area contributed by atoms with Crippen LogP contribution in [-0.4, -0.2) is 5.78 Å². The van der Waals surface area contributed by atoms with Gasteiger partial charge in [-0.3, -0.25) is 4.79 Å². The van der Waals surface area contributed by atoms with Crippen molar-refractivity contribution in [3.8, 4) is 0 Å². The Hall–Kier alpha value is -1.11. The van der Waals surface area contributed by atoms with Gasteiger partial charge >= 0.3 is 0 Å². The molecule has 134 valence electrons. The third kappa shape index (κ3) is 5.19. The molecule has 0 saturated heterocycles. The summed E-state index contributed by atoms with van der Waals surface area (Å²) in [7, 11) is 0. The van der Waals surface area contributed by atoms with E-state index in [1.165, 1.54) is 43.2 Å². The zero-order valence-electron chi connectivity index (χ0n) is 16.7. The molecule has 1 aliphatic carbocycles. The van der Waals surface area contributed by atoms with Crippen LogP contribution in [0.25, 0.3) is 0 Å². The minimum Gasteiger partial charge on any atom is -0.294 e. The normalized spacial score (nSPS) is 17.1. The van der Waals surface area contributed by atoms with E-state index in [1.54, 1.807) is 0 Å². The van der Waals surface area contributed by atoms with Gasteiger partial charge in [-0.25, -0.2) is 0 Å². The third-order valence-corrected chi connectivity index (χ3v) is 5.49. The molecule has 1 aromatic rings. The molecular formula is C23H36O. The molecule has 0 heterocycles. The molecular weight excluding hydrogens is 292 g/mol. The molecule has 2 rings (SSSR count). The van der Waals surface area contributed by atoms with Gasteiger partial charge in [-0.05, 0) is 46.4 Å². The van der Waals surface area contributed by atoms with Gasteiger partial charge in [-0.15, -0.1) is 0 Å². The quantitative estimate of drug-likeness (QED) is 0.554. The van der Waals surface area contributed by atoms with E-state index in [-0.39, 0.29) is 10.8 Å². The van der Waals surface area contributed by atoms with Crippen molar-refractivity contribution in [2.24, 2.45) is 5.92 Å². The molecule has 0 spiro atoms. The van der Waals surface area contributed by atoms with Gasteiger partial charge in [0, 0.05) is 12.0 Å². The second-order valence-corrected chi connectivity index (χ2v) is 9.76. The van der Waals surface area contributed by atoms with Crippen LogP contribution >= 0.6 is 0 Å². The smallest absolute Gasteiger partial charge is 0.162 e. The Morgan fingerprint density at radius 1 is 0.875 bits per heavy atom. The van der Waals surface area contributed by atoms with Crippen molar-refractivity contribution in [1.82, 2.24) is 0 Å². The molecule has 1 fully saturated rings. The number of ketones is 1. The van der Waals surface area contributed by atoms with Crippen LogP contribution in [0.4, 0.5) is 0 Å². The largest absolute Gasteiger partial charge is 0.294 e. The summed E-state index contributed by atoms with van der Waals surface area (Å²) in [4.78, 5) is 12.8. The zero-order valence-corrected chi connectivity index (χ0v) is 16.7. The van der Waals surface area contributed by atoms with Crippen LogP contribution in [0.1, 0.15) is 108 Å². The van der Waals surface area contributed by atoms with Gasteiger partial charge in [0.25, 0.3) is 0 Å². The maximum atomic E-state index is 12.8. The standard InChI is InChI=1S/C23H36O/c1-22(2,3)19-14-18(15-20(16-19)23(4,5)6)21(24)13-12-17-10-8-7-9-11-17/h14-17H,7-13H2,1-6H3. The molecule has 1 saturated carbocycles. The molecule has 0 aliphatic heterocycles. The van der Waals surface area contributed by atoms with E-state index < -0.39 is 0 Å². The van der Waals surface area contributed by atoms with Crippen LogP contribution < -0.4 is 0 Å². The van der Waals surface area contributed by atoms with E-state index in [0.717, 1.165) is 17.9 Å². The first-order valence-corrected chi connectivity index (χ1v) is 9.76. The molecule has 0 amide bonds.